The van der Waals surface area contributed by atoms with E-state index in [1.165, 1.54) is 4.88 Å². The Balaban J connectivity index is 0.00000338. The topological polar surface area (TPSA) is 78.9 Å². The number of aryl methyl sites for hydroxylation is 1. The molecular formula is C17H30IN5O2S. The minimum atomic E-state index is -0.0159. The van der Waals surface area contributed by atoms with Crippen LogP contribution in [0.15, 0.2) is 11.2 Å². The van der Waals surface area contributed by atoms with Crippen LogP contribution in [0.25, 0.3) is 0 Å². The van der Waals surface area contributed by atoms with Crippen LogP contribution in [0.2, 0.25) is 0 Å². The smallest absolute Gasteiger partial charge is 0.243 e. The van der Waals surface area contributed by atoms with Gasteiger partial charge in [0.2, 0.25) is 5.91 Å². The fraction of sp³-hybridized carbons (Fsp3) is 0.706. The van der Waals surface area contributed by atoms with Crippen molar-refractivity contribution in [1.82, 2.24) is 20.5 Å². The van der Waals surface area contributed by atoms with Crippen molar-refractivity contribution in [3.05, 3.63) is 16.1 Å². The summed E-state index contributed by atoms with van der Waals surface area (Å²) >= 11 is 1.75. The van der Waals surface area contributed by atoms with E-state index in [1.807, 2.05) is 6.20 Å². The number of hydrogen-bond donors (Lipinski definition) is 2. The third-order valence-corrected chi connectivity index (χ3v) is 5.24. The van der Waals surface area contributed by atoms with Crippen LogP contribution in [0.4, 0.5) is 0 Å². The number of carbonyl (C=O) groups is 1. The molecule has 1 aliphatic rings. The molecular weight excluding hydrogens is 465 g/mol. The molecule has 1 fully saturated rings. The average Bonchev–Trinajstić information content (AvgIpc) is 3.27. The molecule has 9 heteroatoms. The zero-order chi connectivity index (χ0) is 18.1. The highest BCUT2D eigenvalue weighted by atomic mass is 127. The van der Waals surface area contributed by atoms with Crippen molar-refractivity contribution in [2.75, 3.05) is 46.9 Å². The number of halogens is 1. The maximum Gasteiger partial charge on any atom is 0.243 e. The second-order valence-electron chi connectivity index (χ2n) is 6.31. The number of nitrogens with zero attached hydrogens (tertiary/aromatic N) is 3. The molecule has 1 aliphatic heterocycles. The number of rotatable bonds is 8. The maximum absolute atomic E-state index is 11.8. The Hall–Kier alpha value is -0.940. The van der Waals surface area contributed by atoms with Gasteiger partial charge in [-0.15, -0.1) is 35.3 Å². The van der Waals surface area contributed by atoms with E-state index in [2.05, 4.69) is 27.5 Å². The number of guanidine groups is 1. The second kappa shape index (κ2) is 12.4. The largest absolute Gasteiger partial charge is 0.381 e. The fourth-order valence-corrected chi connectivity index (χ4v) is 3.22. The molecule has 0 aliphatic carbocycles. The first-order valence-corrected chi connectivity index (χ1v) is 9.63. The highest BCUT2D eigenvalue weighted by Crippen LogP contribution is 2.13. The first kappa shape index (κ1) is 23.1. The molecule has 148 valence electrons. The summed E-state index contributed by atoms with van der Waals surface area (Å²) in [6.07, 6.45) is 4.88. The number of thiazole rings is 1. The van der Waals surface area contributed by atoms with Crippen molar-refractivity contribution < 1.29 is 9.53 Å². The zero-order valence-electron chi connectivity index (χ0n) is 15.8. The molecule has 1 unspecified atom stereocenters. The first-order valence-electron chi connectivity index (χ1n) is 8.82. The van der Waals surface area contributed by atoms with Crippen molar-refractivity contribution in [1.29, 1.82) is 0 Å². The van der Waals surface area contributed by atoms with Gasteiger partial charge in [0.1, 0.15) is 6.54 Å². The number of ether oxygens (including phenoxy) is 1. The number of carbonyl (C=O) groups excluding carboxylic acids is 1. The molecule has 1 aromatic heterocycles. The standard InChI is InChI=1S/C17H29N5O2S.HI/c1-4-14-10-19-15(25-14)5-7-18-17(21-11-16(23)22(2)3)20-9-13-6-8-24-12-13;/h10,13H,4-9,11-12H2,1-3H3,(H2,18,20,21);1H. The SMILES string of the molecule is CCc1cnc(CCNC(=NCC(=O)N(C)C)NCC2CCOC2)s1.I. The summed E-state index contributed by atoms with van der Waals surface area (Å²) in [5.41, 5.74) is 0. The summed E-state index contributed by atoms with van der Waals surface area (Å²) in [5, 5.41) is 7.76. The molecule has 0 bridgehead atoms. The molecule has 1 saturated heterocycles. The van der Waals surface area contributed by atoms with Crippen molar-refractivity contribution >= 4 is 47.2 Å². The number of hydrogen-bond acceptors (Lipinski definition) is 5. The number of aliphatic imine (C=N–C) groups is 1. The number of nitrogens with one attached hydrogen (secondary N) is 2. The van der Waals surface area contributed by atoms with Gasteiger partial charge in [0.05, 0.1) is 11.6 Å². The molecule has 0 radical (unpaired) electrons. The Morgan fingerprint density at radius 1 is 1.46 bits per heavy atom. The lowest BCUT2D eigenvalue weighted by Crippen LogP contribution is -2.41. The molecule has 0 spiro atoms. The second-order valence-corrected chi connectivity index (χ2v) is 7.51. The number of likely N-dealkylation sites (N-methyl/N-ethyl adjacent to an activating group) is 1. The normalized spacial score (nSPS) is 16.9. The van der Waals surface area contributed by atoms with E-state index in [0.717, 1.165) is 50.6 Å². The lowest BCUT2D eigenvalue weighted by atomic mass is 10.1. The van der Waals surface area contributed by atoms with Crippen LogP contribution in [0.5, 0.6) is 0 Å². The molecule has 7 nitrogen and oxygen atoms in total. The van der Waals surface area contributed by atoms with Crippen LogP contribution in [-0.4, -0.2) is 68.7 Å². The summed E-state index contributed by atoms with van der Waals surface area (Å²) < 4.78 is 5.40. The van der Waals surface area contributed by atoms with Crippen LogP contribution < -0.4 is 10.6 Å². The van der Waals surface area contributed by atoms with E-state index >= 15 is 0 Å². The van der Waals surface area contributed by atoms with Crippen LogP contribution in [-0.2, 0) is 22.4 Å². The summed E-state index contributed by atoms with van der Waals surface area (Å²) in [4.78, 5) is 23.5. The van der Waals surface area contributed by atoms with E-state index in [-0.39, 0.29) is 36.4 Å². The van der Waals surface area contributed by atoms with Crippen molar-refractivity contribution in [3.63, 3.8) is 0 Å². The number of amides is 1. The molecule has 1 amide bonds. The van der Waals surface area contributed by atoms with Crippen LogP contribution in [0.3, 0.4) is 0 Å². The van der Waals surface area contributed by atoms with Crippen LogP contribution in [0, 0.1) is 5.92 Å². The number of aromatic nitrogens is 1. The van der Waals surface area contributed by atoms with Gasteiger partial charge in [-0.2, -0.15) is 0 Å². The van der Waals surface area contributed by atoms with Gasteiger partial charge >= 0.3 is 0 Å². The summed E-state index contributed by atoms with van der Waals surface area (Å²) in [7, 11) is 3.48. The van der Waals surface area contributed by atoms with Gasteiger partial charge in [-0.25, -0.2) is 9.98 Å². The van der Waals surface area contributed by atoms with Gasteiger partial charge in [-0.3, -0.25) is 4.79 Å². The third-order valence-electron chi connectivity index (χ3n) is 4.03. The maximum atomic E-state index is 11.8. The Labute approximate surface area is 177 Å². The molecule has 2 N–H and O–H groups in total. The molecule has 0 saturated carbocycles. The Bertz CT molecular complexity index is 573. The van der Waals surface area contributed by atoms with Gasteiger partial charge in [0.15, 0.2) is 5.96 Å². The minimum Gasteiger partial charge on any atom is -0.381 e. The Morgan fingerprint density at radius 2 is 2.27 bits per heavy atom. The van der Waals surface area contributed by atoms with Crippen LogP contribution >= 0.6 is 35.3 Å². The summed E-state index contributed by atoms with van der Waals surface area (Å²) in [6, 6.07) is 0. The fourth-order valence-electron chi connectivity index (χ4n) is 2.36. The highest BCUT2D eigenvalue weighted by Gasteiger charge is 2.16. The quantitative estimate of drug-likeness (QED) is 0.325. The minimum absolute atomic E-state index is 0. The summed E-state index contributed by atoms with van der Waals surface area (Å²) in [6.45, 7) is 5.43. The third kappa shape index (κ3) is 8.17. The van der Waals surface area contributed by atoms with E-state index in [1.54, 1.807) is 30.3 Å². The zero-order valence-corrected chi connectivity index (χ0v) is 18.9. The summed E-state index contributed by atoms with van der Waals surface area (Å²) in [5.74, 6) is 1.16. The van der Waals surface area contributed by atoms with Gasteiger partial charge in [0, 0.05) is 57.2 Å². The Morgan fingerprint density at radius 3 is 2.88 bits per heavy atom. The van der Waals surface area contributed by atoms with Crippen molar-refractivity contribution in [2.45, 2.75) is 26.2 Å². The van der Waals surface area contributed by atoms with E-state index in [0.29, 0.717) is 11.9 Å². The van der Waals surface area contributed by atoms with Gasteiger partial charge in [-0.05, 0) is 12.8 Å². The molecule has 0 aromatic carbocycles. The highest BCUT2D eigenvalue weighted by molar-refractivity contribution is 14.0. The van der Waals surface area contributed by atoms with Crippen molar-refractivity contribution in [3.8, 4) is 0 Å². The molecule has 1 aromatic rings. The molecule has 26 heavy (non-hydrogen) atoms. The molecule has 2 rings (SSSR count). The molecule has 2 heterocycles. The van der Waals surface area contributed by atoms with E-state index in [9.17, 15) is 4.79 Å². The molecule has 1 atom stereocenters. The lowest BCUT2D eigenvalue weighted by molar-refractivity contribution is -0.127. The van der Waals surface area contributed by atoms with Crippen LogP contribution in [0.1, 0.15) is 23.2 Å². The van der Waals surface area contributed by atoms with Crippen molar-refractivity contribution in [2.24, 2.45) is 10.9 Å². The monoisotopic (exact) mass is 495 g/mol. The Kier molecular flexibility index (Phi) is 11.1. The van der Waals surface area contributed by atoms with Gasteiger partial charge in [-0.1, -0.05) is 6.92 Å². The average molecular weight is 495 g/mol. The lowest BCUT2D eigenvalue weighted by Gasteiger charge is -2.15. The van der Waals surface area contributed by atoms with E-state index in [4.69, 9.17) is 4.74 Å². The predicted octanol–water partition coefficient (Wildman–Crippen LogP) is 1.53. The first-order chi connectivity index (χ1) is 12.1. The van der Waals surface area contributed by atoms with Gasteiger partial charge < -0.3 is 20.3 Å². The van der Waals surface area contributed by atoms with Gasteiger partial charge in [0.25, 0.3) is 0 Å². The predicted molar refractivity (Wildman–Crippen MR) is 117 cm³/mol. The van der Waals surface area contributed by atoms with E-state index < -0.39 is 0 Å².